The Morgan fingerprint density at radius 2 is 2.29 bits per heavy atom. The average molecular weight is 310 g/mol. The summed E-state index contributed by atoms with van der Waals surface area (Å²) in [5.41, 5.74) is 0. The molecule has 0 spiro atoms. The first kappa shape index (κ1) is 15.8. The summed E-state index contributed by atoms with van der Waals surface area (Å²) < 4.78 is 0. The molecule has 6 heteroatoms. The highest BCUT2D eigenvalue weighted by Crippen LogP contribution is 2.31. The Kier molecular flexibility index (Phi) is 5.61. The molecule has 0 saturated heterocycles. The van der Waals surface area contributed by atoms with Crippen LogP contribution in [0.15, 0.2) is 17.5 Å². The van der Waals surface area contributed by atoms with Crippen molar-refractivity contribution in [2.45, 2.75) is 38.6 Å². The van der Waals surface area contributed by atoms with E-state index in [1.54, 1.807) is 11.3 Å². The van der Waals surface area contributed by atoms with Crippen molar-refractivity contribution in [1.29, 1.82) is 0 Å². The standard InChI is InChI=1S/C15H22N2O3S/c1-10(8-12-5-3-7-21-12)17-15(20)16-9-11-4-2-6-13(11)14(18)19/h3,5,7,10-11,13H,2,4,6,8-9H2,1H3,(H,18,19)(H2,16,17,20). The fourth-order valence-electron chi connectivity index (χ4n) is 2.89. The second kappa shape index (κ2) is 7.45. The summed E-state index contributed by atoms with van der Waals surface area (Å²) in [6.45, 7) is 2.41. The number of carboxylic acid groups (broad SMARTS) is 1. The summed E-state index contributed by atoms with van der Waals surface area (Å²) in [5, 5.41) is 16.8. The predicted octanol–water partition coefficient (Wildman–Crippen LogP) is 2.48. The Balaban J connectivity index is 1.70. The number of carbonyl (C=O) groups is 2. The van der Waals surface area contributed by atoms with Crippen LogP contribution in [0.3, 0.4) is 0 Å². The summed E-state index contributed by atoms with van der Waals surface area (Å²) in [6.07, 6.45) is 3.34. The molecular formula is C15H22N2O3S. The van der Waals surface area contributed by atoms with E-state index in [1.165, 1.54) is 4.88 Å². The molecule has 0 aliphatic heterocycles. The van der Waals surface area contributed by atoms with Crippen LogP contribution in [-0.4, -0.2) is 29.7 Å². The SMILES string of the molecule is CC(Cc1cccs1)NC(=O)NCC1CCCC1C(=O)O. The fourth-order valence-corrected chi connectivity index (χ4v) is 3.72. The first-order valence-electron chi connectivity index (χ1n) is 7.36. The Morgan fingerprint density at radius 1 is 1.48 bits per heavy atom. The molecule has 2 amide bonds. The predicted molar refractivity (Wildman–Crippen MR) is 82.5 cm³/mol. The van der Waals surface area contributed by atoms with Gasteiger partial charge in [0.25, 0.3) is 0 Å². The molecule has 0 radical (unpaired) electrons. The van der Waals surface area contributed by atoms with Gasteiger partial charge in [-0.1, -0.05) is 12.5 Å². The van der Waals surface area contributed by atoms with Crippen molar-refractivity contribution in [3.05, 3.63) is 22.4 Å². The molecule has 116 valence electrons. The molecule has 1 saturated carbocycles. The third-order valence-corrected chi connectivity index (χ3v) is 4.86. The number of carboxylic acids is 1. The third-order valence-electron chi connectivity index (χ3n) is 3.97. The number of amides is 2. The molecule has 1 aromatic rings. The minimum atomic E-state index is -0.745. The molecule has 0 aromatic carbocycles. The Hall–Kier alpha value is -1.56. The Labute approximate surface area is 128 Å². The van der Waals surface area contributed by atoms with Crippen LogP contribution >= 0.6 is 11.3 Å². The van der Waals surface area contributed by atoms with Crippen LogP contribution in [-0.2, 0) is 11.2 Å². The average Bonchev–Trinajstić information content (AvgIpc) is 3.06. The quantitative estimate of drug-likeness (QED) is 0.755. The molecule has 3 atom stereocenters. The number of urea groups is 1. The lowest BCUT2D eigenvalue weighted by Gasteiger charge is -2.18. The zero-order chi connectivity index (χ0) is 15.2. The maximum atomic E-state index is 11.8. The van der Waals surface area contributed by atoms with Gasteiger partial charge in [-0.3, -0.25) is 4.79 Å². The highest BCUT2D eigenvalue weighted by atomic mass is 32.1. The van der Waals surface area contributed by atoms with Gasteiger partial charge in [0.2, 0.25) is 0 Å². The van der Waals surface area contributed by atoms with Gasteiger partial charge in [0.05, 0.1) is 5.92 Å². The summed E-state index contributed by atoms with van der Waals surface area (Å²) in [4.78, 5) is 24.2. The fraction of sp³-hybridized carbons (Fsp3) is 0.600. The van der Waals surface area contributed by atoms with Crippen LogP contribution in [0, 0.1) is 11.8 Å². The lowest BCUT2D eigenvalue weighted by atomic mass is 9.96. The maximum absolute atomic E-state index is 11.8. The monoisotopic (exact) mass is 310 g/mol. The second-order valence-corrected chi connectivity index (χ2v) is 6.71. The van der Waals surface area contributed by atoms with Gasteiger partial charge in [0, 0.05) is 23.9 Å². The van der Waals surface area contributed by atoms with Crippen LogP contribution in [0.4, 0.5) is 4.79 Å². The normalized spacial score (nSPS) is 22.7. The lowest BCUT2D eigenvalue weighted by molar-refractivity contribution is -0.142. The van der Waals surface area contributed by atoms with Crippen molar-refractivity contribution >= 4 is 23.3 Å². The van der Waals surface area contributed by atoms with Crippen LogP contribution in [0.25, 0.3) is 0 Å². The van der Waals surface area contributed by atoms with Gasteiger partial charge in [0.1, 0.15) is 0 Å². The minimum Gasteiger partial charge on any atom is -0.481 e. The van der Waals surface area contributed by atoms with E-state index >= 15 is 0 Å². The minimum absolute atomic E-state index is 0.0563. The molecule has 5 nitrogen and oxygen atoms in total. The van der Waals surface area contributed by atoms with Crippen molar-refractivity contribution in [2.24, 2.45) is 11.8 Å². The van der Waals surface area contributed by atoms with Crippen molar-refractivity contribution in [3.8, 4) is 0 Å². The Morgan fingerprint density at radius 3 is 2.95 bits per heavy atom. The number of nitrogens with one attached hydrogen (secondary N) is 2. The molecular weight excluding hydrogens is 288 g/mol. The topological polar surface area (TPSA) is 78.4 Å². The van der Waals surface area contributed by atoms with Crippen LogP contribution < -0.4 is 10.6 Å². The molecule has 3 N–H and O–H groups in total. The van der Waals surface area contributed by atoms with E-state index in [2.05, 4.69) is 16.7 Å². The van der Waals surface area contributed by atoms with E-state index < -0.39 is 5.97 Å². The molecule has 3 unspecified atom stereocenters. The van der Waals surface area contributed by atoms with Crippen molar-refractivity contribution in [3.63, 3.8) is 0 Å². The van der Waals surface area contributed by atoms with E-state index in [-0.39, 0.29) is 23.9 Å². The number of aliphatic carboxylic acids is 1. The first-order chi connectivity index (χ1) is 10.1. The summed E-state index contributed by atoms with van der Waals surface area (Å²) in [6, 6.07) is 3.90. The van der Waals surface area contributed by atoms with Crippen LogP contribution in [0.5, 0.6) is 0 Å². The number of hydrogen-bond acceptors (Lipinski definition) is 3. The lowest BCUT2D eigenvalue weighted by Crippen LogP contribution is -2.44. The van der Waals surface area contributed by atoms with Gasteiger partial charge in [-0.05, 0) is 37.1 Å². The van der Waals surface area contributed by atoms with Crippen molar-refractivity contribution < 1.29 is 14.7 Å². The molecule has 21 heavy (non-hydrogen) atoms. The van der Waals surface area contributed by atoms with E-state index in [1.807, 2.05) is 18.4 Å². The van der Waals surface area contributed by atoms with E-state index in [4.69, 9.17) is 5.11 Å². The van der Waals surface area contributed by atoms with E-state index in [9.17, 15) is 9.59 Å². The maximum Gasteiger partial charge on any atom is 0.315 e. The molecule has 1 aliphatic carbocycles. The molecule has 2 rings (SSSR count). The van der Waals surface area contributed by atoms with Gasteiger partial charge < -0.3 is 15.7 Å². The van der Waals surface area contributed by atoms with Gasteiger partial charge in [0.15, 0.2) is 0 Å². The van der Waals surface area contributed by atoms with Crippen LogP contribution in [0.1, 0.15) is 31.1 Å². The summed E-state index contributed by atoms with van der Waals surface area (Å²) in [7, 11) is 0. The second-order valence-electron chi connectivity index (χ2n) is 5.67. The smallest absolute Gasteiger partial charge is 0.315 e. The zero-order valence-electron chi connectivity index (χ0n) is 12.2. The zero-order valence-corrected chi connectivity index (χ0v) is 13.0. The molecule has 1 heterocycles. The molecule has 0 bridgehead atoms. The molecule has 1 aromatic heterocycles. The first-order valence-corrected chi connectivity index (χ1v) is 8.23. The summed E-state index contributed by atoms with van der Waals surface area (Å²) in [5.74, 6) is -1.000. The number of rotatable bonds is 6. The van der Waals surface area contributed by atoms with E-state index in [0.29, 0.717) is 6.54 Å². The highest BCUT2D eigenvalue weighted by molar-refractivity contribution is 7.09. The van der Waals surface area contributed by atoms with Crippen LogP contribution in [0.2, 0.25) is 0 Å². The molecule has 1 aliphatic rings. The van der Waals surface area contributed by atoms with Crippen molar-refractivity contribution in [2.75, 3.05) is 6.54 Å². The Bertz CT molecular complexity index is 475. The summed E-state index contributed by atoms with van der Waals surface area (Å²) >= 11 is 1.68. The third kappa shape index (κ3) is 4.74. The van der Waals surface area contributed by atoms with Gasteiger partial charge in [-0.2, -0.15) is 0 Å². The largest absolute Gasteiger partial charge is 0.481 e. The number of hydrogen-bond donors (Lipinski definition) is 3. The van der Waals surface area contributed by atoms with E-state index in [0.717, 1.165) is 25.7 Å². The van der Waals surface area contributed by atoms with Crippen molar-refractivity contribution in [1.82, 2.24) is 10.6 Å². The van der Waals surface area contributed by atoms with Gasteiger partial charge >= 0.3 is 12.0 Å². The molecule has 1 fully saturated rings. The number of carbonyl (C=O) groups excluding carboxylic acids is 1. The van der Waals surface area contributed by atoms with Gasteiger partial charge in [-0.25, -0.2) is 4.79 Å². The van der Waals surface area contributed by atoms with Gasteiger partial charge in [-0.15, -0.1) is 11.3 Å². The highest BCUT2D eigenvalue weighted by Gasteiger charge is 2.32. The number of thiophene rings is 1.